The molecule has 0 radical (unpaired) electrons. The molecule has 0 spiro atoms. The van der Waals surface area contributed by atoms with Gasteiger partial charge in [0.1, 0.15) is 11.6 Å². The van der Waals surface area contributed by atoms with Crippen LogP contribution in [0, 0.1) is 0 Å². The quantitative estimate of drug-likeness (QED) is 0.642. The van der Waals surface area contributed by atoms with Crippen LogP contribution in [-0.2, 0) is 22.5 Å². The first-order valence-corrected chi connectivity index (χ1v) is 9.66. The Hall–Kier alpha value is -3.20. The van der Waals surface area contributed by atoms with Crippen LogP contribution in [0.15, 0.2) is 36.4 Å². The minimum Gasteiger partial charge on any atom is -0.497 e. The molecule has 0 aliphatic carbocycles. The Kier molecular flexibility index (Phi) is 5.85. The largest absolute Gasteiger partial charge is 0.497 e. The molecule has 1 amide bonds. The van der Waals surface area contributed by atoms with Crippen LogP contribution in [0.25, 0.3) is 5.65 Å². The number of hydrogen-bond donors (Lipinski definition) is 1. The highest BCUT2D eigenvalue weighted by molar-refractivity contribution is 5.76. The number of carbonyl (C=O) groups excluding carboxylic acids is 1. The number of hydrogen-bond acceptors (Lipinski definition) is 7. The highest BCUT2D eigenvalue weighted by Crippen LogP contribution is 2.15. The summed E-state index contributed by atoms with van der Waals surface area (Å²) < 4.78 is 12.3. The molecule has 3 aromatic rings. The van der Waals surface area contributed by atoms with Crippen LogP contribution in [-0.4, -0.2) is 59.1 Å². The van der Waals surface area contributed by atoms with Crippen LogP contribution < -0.4 is 15.0 Å². The number of ether oxygens (including phenoxy) is 2. The minimum atomic E-state index is -0.0399. The molecule has 1 fully saturated rings. The van der Waals surface area contributed by atoms with Crippen LogP contribution in [0.5, 0.6) is 5.75 Å². The van der Waals surface area contributed by atoms with Crippen molar-refractivity contribution in [2.75, 3.05) is 38.3 Å². The number of nitrogens with zero attached hydrogens (tertiary/aromatic N) is 5. The Morgan fingerprint density at radius 3 is 2.69 bits per heavy atom. The van der Waals surface area contributed by atoms with E-state index in [1.54, 1.807) is 11.6 Å². The summed E-state index contributed by atoms with van der Waals surface area (Å²) in [5, 5.41) is 16.0. The number of carbonyl (C=O) groups is 1. The van der Waals surface area contributed by atoms with Crippen molar-refractivity contribution < 1.29 is 14.3 Å². The van der Waals surface area contributed by atoms with Crippen molar-refractivity contribution in [2.45, 2.75) is 19.4 Å². The number of amides is 1. The van der Waals surface area contributed by atoms with E-state index in [0.717, 1.165) is 30.2 Å². The molecule has 9 heteroatoms. The number of aryl methyl sites for hydroxylation is 1. The molecule has 0 unspecified atom stereocenters. The predicted molar refractivity (Wildman–Crippen MR) is 107 cm³/mol. The summed E-state index contributed by atoms with van der Waals surface area (Å²) in [4.78, 5) is 14.4. The normalized spacial score (nSPS) is 14.2. The van der Waals surface area contributed by atoms with Gasteiger partial charge in [-0.2, -0.15) is 4.52 Å². The SMILES string of the molecule is COc1ccc(CNC(=O)CCc2nnc3ccc(N4CCOCC4)nn23)cc1. The second-order valence-corrected chi connectivity index (χ2v) is 6.80. The van der Waals surface area contributed by atoms with Gasteiger partial charge in [-0.3, -0.25) is 4.79 Å². The van der Waals surface area contributed by atoms with E-state index in [0.29, 0.717) is 44.1 Å². The third kappa shape index (κ3) is 4.62. The number of aromatic nitrogens is 4. The smallest absolute Gasteiger partial charge is 0.220 e. The monoisotopic (exact) mass is 396 g/mol. The maximum absolute atomic E-state index is 12.2. The van der Waals surface area contributed by atoms with Gasteiger partial charge < -0.3 is 19.7 Å². The van der Waals surface area contributed by atoms with E-state index in [1.165, 1.54) is 0 Å². The van der Waals surface area contributed by atoms with Crippen molar-refractivity contribution in [1.82, 2.24) is 25.1 Å². The Morgan fingerprint density at radius 2 is 1.93 bits per heavy atom. The van der Waals surface area contributed by atoms with Crippen LogP contribution in [0.1, 0.15) is 17.8 Å². The Labute approximate surface area is 168 Å². The van der Waals surface area contributed by atoms with Crippen molar-refractivity contribution in [1.29, 1.82) is 0 Å². The molecule has 0 bridgehead atoms. The van der Waals surface area contributed by atoms with Gasteiger partial charge in [-0.05, 0) is 29.8 Å². The second kappa shape index (κ2) is 8.87. The highest BCUT2D eigenvalue weighted by Gasteiger charge is 2.15. The van der Waals surface area contributed by atoms with E-state index in [1.807, 2.05) is 36.4 Å². The van der Waals surface area contributed by atoms with E-state index in [2.05, 4.69) is 25.5 Å². The van der Waals surface area contributed by atoms with Gasteiger partial charge in [-0.25, -0.2) is 0 Å². The number of benzene rings is 1. The summed E-state index contributed by atoms with van der Waals surface area (Å²) >= 11 is 0. The lowest BCUT2D eigenvalue weighted by molar-refractivity contribution is -0.121. The van der Waals surface area contributed by atoms with Gasteiger partial charge >= 0.3 is 0 Å². The minimum absolute atomic E-state index is 0.0399. The Balaban J connectivity index is 1.35. The molecular formula is C20H24N6O3. The lowest BCUT2D eigenvalue weighted by Gasteiger charge is -2.27. The maximum Gasteiger partial charge on any atom is 0.220 e. The molecule has 1 N–H and O–H groups in total. The highest BCUT2D eigenvalue weighted by atomic mass is 16.5. The number of morpholine rings is 1. The molecule has 9 nitrogen and oxygen atoms in total. The lowest BCUT2D eigenvalue weighted by Crippen LogP contribution is -2.37. The predicted octanol–water partition coefficient (Wildman–Crippen LogP) is 1.22. The van der Waals surface area contributed by atoms with Crippen molar-refractivity contribution in [3.05, 3.63) is 47.8 Å². The zero-order valence-electron chi connectivity index (χ0n) is 16.4. The summed E-state index contributed by atoms with van der Waals surface area (Å²) in [6.45, 7) is 3.49. The topological polar surface area (TPSA) is 93.9 Å². The Bertz CT molecular complexity index is 966. The molecule has 1 aliphatic rings. The molecule has 1 aromatic carbocycles. The number of fused-ring (bicyclic) bond motifs is 1. The molecule has 2 aromatic heterocycles. The fourth-order valence-corrected chi connectivity index (χ4v) is 3.20. The standard InChI is InChI=1S/C20H24N6O3/c1-28-16-4-2-15(3-5-16)14-21-20(27)9-8-18-23-22-17-6-7-19(24-26(17)18)25-10-12-29-13-11-25/h2-7H,8-14H2,1H3,(H,21,27). The first-order chi connectivity index (χ1) is 14.2. The number of anilines is 1. The lowest BCUT2D eigenvalue weighted by atomic mass is 10.2. The zero-order valence-corrected chi connectivity index (χ0v) is 16.4. The Morgan fingerprint density at radius 1 is 1.14 bits per heavy atom. The number of rotatable bonds is 7. The van der Waals surface area contributed by atoms with Gasteiger partial charge in [0.05, 0.1) is 20.3 Å². The molecule has 0 saturated carbocycles. The summed E-state index contributed by atoms with van der Waals surface area (Å²) in [6.07, 6.45) is 0.787. The van der Waals surface area contributed by atoms with Crippen LogP contribution in [0.4, 0.5) is 5.82 Å². The average molecular weight is 396 g/mol. The second-order valence-electron chi connectivity index (χ2n) is 6.80. The number of nitrogens with one attached hydrogen (secondary N) is 1. The van der Waals surface area contributed by atoms with Gasteiger partial charge in [-0.15, -0.1) is 15.3 Å². The van der Waals surface area contributed by atoms with Crippen molar-refractivity contribution in [3.63, 3.8) is 0 Å². The fourth-order valence-electron chi connectivity index (χ4n) is 3.20. The van der Waals surface area contributed by atoms with Crippen molar-refractivity contribution in [3.8, 4) is 5.75 Å². The van der Waals surface area contributed by atoms with E-state index in [-0.39, 0.29) is 5.91 Å². The molecule has 1 aliphatic heterocycles. The van der Waals surface area contributed by atoms with Gasteiger partial charge in [0.15, 0.2) is 11.5 Å². The molecule has 0 atom stereocenters. The fraction of sp³-hybridized carbons (Fsp3) is 0.400. The van der Waals surface area contributed by atoms with Gasteiger partial charge in [0.25, 0.3) is 0 Å². The van der Waals surface area contributed by atoms with Crippen LogP contribution in [0.3, 0.4) is 0 Å². The molecular weight excluding hydrogens is 372 g/mol. The molecule has 3 heterocycles. The zero-order chi connectivity index (χ0) is 20.1. The van der Waals surface area contributed by atoms with Gasteiger partial charge in [0.2, 0.25) is 5.91 Å². The van der Waals surface area contributed by atoms with Crippen LogP contribution >= 0.6 is 0 Å². The molecule has 152 valence electrons. The van der Waals surface area contributed by atoms with E-state index in [4.69, 9.17) is 9.47 Å². The number of methoxy groups -OCH3 is 1. The van der Waals surface area contributed by atoms with E-state index >= 15 is 0 Å². The summed E-state index contributed by atoms with van der Waals surface area (Å²) in [5.41, 5.74) is 1.69. The third-order valence-electron chi connectivity index (χ3n) is 4.87. The molecule has 29 heavy (non-hydrogen) atoms. The summed E-state index contributed by atoms with van der Waals surface area (Å²) in [7, 11) is 1.63. The van der Waals surface area contributed by atoms with Gasteiger partial charge in [0, 0.05) is 32.5 Å². The van der Waals surface area contributed by atoms with E-state index in [9.17, 15) is 4.79 Å². The molecule has 4 rings (SSSR count). The maximum atomic E-state index is 12.2. The van der Waals surface area contributed by atoms with Gasteiger partial charge in [-0.1, -0.05) is 12.1 Å². The third-order valence-corrected chi connectivity index (χ3v) is 4.87. The average Bonchev–Trinajstić information content (AvgIpc) is 3.19. The van der Waals surface area contributed by atoms with Crippen molar-refractivity contribution >= 4 is 17.4 Å². The first-order valence-electron chi connectivity index (χ1n) is 9.66. The molecule has 1 saturated heterocycles. The summed E-state index contributed by atoms with van der Waals surface area (Å²) in [5.74, 6) is 2.30. The summed E-state index contributed by atoms with van der Waals surface area (Å²) in [6, 6.07) is 11.5. The van der Waals surface area contributed by atoms with Crippen molar-refractivity contribution in [2.24, 2.45) is 0 Å². The van der Waals surface area contributed by atoms with E-state index < -0.39 is 0 Å². The first kappa shape index (κ1) is 19.1. The van der Waals surface area contributed by atoms with Crippen LogP contribution in [0.2, 0.25) is 0 Å².